The number of nitrogens with zero attached hydrogens (tertiary/aromatic N) is 1. The Morgan fingerprint density at radius 2 is 2.00 bits per heavy atom. The molecule has 0 spiro atoms. The van der Waals surface area contributed by atoms with E-state index in [4.69, 9.17) is 5.11 Å². The third-order valence-corrected chi connectivity index (χ3v) is 6.17. The van der Waals surface area contributed by atoms with Gasteiger partial charge in [0.25, 0.3) is 0 Å². The second-order valence-electron chi connectivity index (χ2n) is 5.69. The molecule has 0 aliphatic carbocycles. The van der Waals surface area contributed by atoms with E-state index in [0.29, 0.717) is 13.1 Å². The Bertz CT molecular complexity index is 351. The third kappa shape index (κ3) is 5.09. The van der Waals surface area contributed by atoms with Crippen LogP contribution in [0.5, 0.6) is 0 Å². The molecule has 0 saturated carbocycles. The summed E-state index contributed by atoms with van der Waals surface area (Å²) in [4.78, 5) is 25.0. The number of rotatable bonds is 7. The SMILES string of the molecule is CCC(CC)(CNC(=O)N1CCCCC1CC(=O)O)SC. The normalized spacial score (nSPS) is 19.4. The molecule has 6 heteroatoms. The lowest BCUT2D eigenvalue weighted by Gasteiger charge is -2.37. The number of carbonyl (C=O) groups is 2. The van der Waals surface area contributed by atoms with Gasteiger partial charge in [0, 0.05) is 23.9 Å². The van der Waals surface area contributed by atoms with Crippen molar-refractivity contribution in [2.75, 3.05) is 19.3 Å². The van der Waals surface area contributed by atoms with Crippen molar-refractivity contribution in [1.82, 2.24) is 10.2 Å². The summed E-state index contributed by atoms with van der Waals surface area (Å²) in [5.74, 6) is -0.833. The molecular formula is C15H28N2O3S. The average molecular weight is 316 g/mol. The summed E-state index contributed by atoms with van der Waals surface area (Å²) >= 11 is 1.79. The predicted molar refractivity (Wildman–Crippen MR) is 86.8 cm³/mol. The number of amides is 2. The summed E-state index contributed by atoms with van der Waals surface area (Å²) in [5.41, 5.74) is 0. The zero-order chi connectivity index (χ0) is 15.9. The van der Waals surface area contributed by atoms with Crippen LogP contribution in [0, 0.1) is 0 Å². The van der Waals surface area contributed by atoms with Gasteiger partial charge in [-0.1, -0.05) is 13.8 Å². The van der Waals surface area contributed by atoms with E-state index in [1.54, 1.807) is 16.7 Å². The van der Waals surface area contributed by atoms with Crippen LogP contribution < -0.4 is 5.32 Å². The molecule has 1 unspecified atom stereocenters. The average Bonchev–Trinajstić information content (AvgIpc) is 2.49. The van der Waals surface area contributed by atoms with Crippen molar-refractivity contribution >= 4 is 23.8 Å². The summed E-state index contributed by atoms with van der Waals surface area (Å²) in [5, 5.41) is 12.0. The van der Waals surface area contributed by atoms with Crippen LogP contribution in [-0.4, -0.2) is 52.1 Å². The zero-order valence-corrected chi connectivity index (χ0v) is 14.2. The number of aliphatic carboxylic acids is 1. The molecule has 0 aromatic heterocycles. The molecule has 0 radical (unpaired) electrons. The highest BCUT2D eigenvalue weighted by atomic mass is 32.2. The summed E-state index contributed by atoms with van der Waals surface area (Å²) in [6, 6.07) is -0.274. The highest BCUT2D eigenvalue weighted by Crippen LogP contribution is 2.29. The Morgan fingerprint density at radius 3 is 2.52 bits per heavy atom. The number of carboxylic acid groups (broad SMARTS) is 1. The summed E-state index contributed by atoms with van der Waals surface area (Å²) in [6.07, 6.45) is 6.87. The van der Waals surface area contributed by atoms with Crippen molar-refractivity contribution in [2.24, 2.45) is 0 Å². The minimum atomic E-state index is -0.833. The summed E-state index contributed by atoms with van der Waals surface area (Å²) < 4.78 is 0.0771. The number of likely N-dealkylation sites (tertiary alicyclic amines) is 1. The molecule has 2 amide bonds. The number of carboxylic acids is 1. The molecule has 1 aliphatic rings. The quantitative estimate of drug-likeness (QED) is 0.757. The molecule has 0 bridgehead atoms. The van der Waals surface area contributed by atoms with Crippen molar-refractivity contribution in [3.05, 3.63) is 0 Å². The molecule has 1 aliphatic heterocycles. The van der Waals surface area contributed by atoms with Crippen LogP contribution in [0.15, 0.2) is 0 Å². The highest BCUT2D eigenvalue weighted by molar-refractivity contribution is 8.00. The molecule has 0 aromatic rings. The van der Waals surface area contributed by atoms with Gasteiger partial charge in [0.15, 0.2) is 0 Å². The molecular weight excluding hydrogens is 288 g/mol. The lowest BCUT2D eigenvalue weighted by molar-refractivity contribution is -0.138. The molecule has 1 fully saturated rings. The lowest BCUT2D eigenvalue weighted by atomic mass is 9.99. The van der Waals surface area contributed by atoms with Crippen molar-refractivity contribution < 1.29 is 14.7 Å². The number of hydrogen-bond acceptors (Lipinski definition) is 3. The van der Waals surface area contributed by atoms with Crippen molar-refractivity contribution in [1.29, 1.82) is 0 Å². The second-order valence-corrected chi connectivity index (χ2v) is 6.97. The zero-order valence-electron chi connectivity index (χ0n) is 13.4. The van der Waals surface area contributed by atoms with E-state index in [1.807, 2.05) is 0 Å². The Kier molecular flexibility index (Phi) is 7.35. The lowest BCUT2D eigenvalue weighted by Crippen LogP contribution is -2.52. The third-order valence-electron chi connectivity index (χ3n) is 4.58. The number of carbonyl (C=O) groups excluding carboxylic acids is 1. The maximum Gasteiger partial charge on any atom is 0.317 e. The van der Waals surface area contributed by atoms with E-state index in [9.17, 15) is 9.59 Å². The predicted octanol–water partition coefficient (Wildman–Crippen LogP) is 2.95. The minimum absolute atomic E-state index is 0.0443. The Hall–Kier alpha value is -0.910. The number of thioether (sulfide) groups is 1. The van der Waals surface area contributed by atoms with Gasteiger partial charge in [-0.05, 0) is 38.4 Å². The van der Waals surface area contributed by atoms with Crippen LogP contribution in [0.2, 0.25) is 0 Å². The van der Waals surface area contributed by atoms with Crippen LogP contribution in [0.3, 0.4) is 0 Å². The molecule has 122 valence electrons. The van der Waals surface area contributed by atoms with Crippen molar-refractivity contribution in [2.45, 2.75) is 63.2 Å². The van der Waals surface area contributed by atoms with Gasteiger partial charge in [-0.25, -0.2) is 4.79 Å². The standard InChI is InChI=1S/C15H28N2O3S/c1-4-15(5-2,21-3)11-16-14(20)17-9-7-6-8-12(17)10-13(18)19/h12H,4-11H2,1-3H3,(H,16,20)(H,18,19). The highest BCUT2D eigenvalue weighted by Gasteiger charge is 2.31. The van der Waals surface area contributed by atoms with Crippen LogP contribution in [0.1, 0.15) is 52.4 Å². The first-order chi connectivity index (χ1) is 9.98. The minimum Gasteiger partial charge on any atom is -0.481 e. The smallest absolute Gasteiger partial charge is 0.317 e. The Balaban J connectivity index is 2.61. The van der Waals surface area contributed by atoms with Crippen LogP contribution >= 0.6 is 11.8 Å². The Morgan fingerprint density at radius 1 is 1.33 bits per heavy atom. The van der Waals surface area contributed by atoms with Gasteiger partial charge < -0.3 is 15.3 Å². The van der Waals surface area contributed by atoms with Gasteiger partial charge in [-0.3, -0.25) is 4.79 Å². The first kappa shape index (κ1) is 18.1. The van der Waals surface area contributed by atoms with Crippen molar-refractivity contribution in [3.8, 4) is 0 Å². The number of urea groups is 1. The fourth-order valence-electron chi connectivity index (χ4n) is 2.88. The van der Waals surface area contributed by atoms with Gasteiger partial charge in [0.2, 0.25) is 0 Å². The van der Waals surface area contributed by atoms with Crippen molar-refractivity contribution in [3.63, 3.8) is 0 Å². The van der Waals surface area contributed by atoms with E-state index >= 15 is 0 Å². The molecule has 1 saturated heterocycles. The molecule has 1 rings (SSSR count). The summed E-state index contributed by atoms with van der Waals surface area (Å²) in [6.45, 7) is 5.57. The first-order valence-electron chi connectivity index (χ1n) is 7.79. The largest absolute Gasteiger partial charge is 0.481 e. The van der Waals surface area contributed by atoms with Gasteiger partial charge >= 0.3 is 12.0 Å². The number of nitrogens with one attached hydrogen (secondary N) is 1. The summed E-state index contributed by atoms with van der Waals surface area (Å²) in [7, 11) is 0. The van der Waals surface area contributed by atoms with Gasteiger partial charge in [0.05, 0.1) is 6.42 Å². The maximum absolute atomic E-state index is 12.4. The van der Waals surface area contributed by atoms with Gasteiger partial charge in [-0.2, -0.15) is 11.8 Å². The van der Waals surface area contributed by atoms with Gasteiger partial charge in [-0.15, -0.1) is 0 Å². The molecule has 1 heterocycles. The molecule has 2 N–H and O–H groups in total. The van der Waals surface area contributed by atoms with Crippen LogP contribution in [0.25, 0.3) is 0 Å². The number of piperidine rings is 1. The molecule has 5 nitrogen and oxygen atoms in total. The first-order valence-corrected chi connectivity index (χ1v) is 9.02. The molecule has 1 atom stereocenters. The molecule has 0 aromatic carbocycles. The fourth-order valence-corrected chi connectivity index (χ4v) is 3.67. The molecule has 21 heavy (non-hydrogen) atoms. The topological polar surface area (TPSA) is 69.6 Å². The monoisotopic (exact) mass is 316 g/mol. The van der Waals surface area contributed by atoms with E-state index in [-0.39, 0.29) is 23.2 Å². The number of hydrogen-bond donors (Lipinski definition) is 2. The van der Waals surface area contributed by atoms with Gasteiger partial charge in [0.1, 0.15) is 0 Å². The fraction of sp³-hybridized carbons (Fsp3) is 0.867. The maximum atomic E-state index is 12.4. The van der Waals surface area contributed by atoms with E-state index in [2.05, 4.69) is 25.4 Å². The van der Waals surface area contributed by atoms with E-state index in [1.165, 1.54) is 0 Å². The van der Waals surface area contributed by atoms with Crippen LogP contribution in [0.4, 0.5) is 4.79 Å². The Labute approximate surface area is 131 Å². The second kappa shape index (κ2) is 8.51. The van der Waals surface area contributed by atoms with E-state index in [0.717, 1.165) is 32.1 Å². The van der Waals surface area contributed by atoms with E-state index < -0.39 is 5.97 Å². The van der Waals surface area contributed by atoms with Crippen LogP contribution in [-0.2, 0) is 4.79 Å².